The van der Waals surface area contributed by atoms with Crippen LogP contribution in [0.1, 0.15) is 13.3 Å². The third kappa shape index (κ3) is 3.65. The Labute approximate surface area is 128 Å². The Morgan fingerprint density at radius 3 is 2.81 bits per heavy atom. The first-order valence-electron chi connectivity index (χ1n) is 6.67. The molecular weight excluding hydrogens is 292 g/mol. The Morgan fingerprint density at radius 2 is 2.19 bits per heavy atom. The van der Waals surface area contributed by atoms with Gasteiger partial charge in [0.2, 0.25) is 11.8 Å². The molecule has 21 heavy (non-hydrogen) atoms. The lowest BCUT2D eigenvalue weighted by Crippen LogP contribution is -2.39. The number of amides is 2. The van der Waals surface area contributed by atoms with Gasteiger partial charge in [0.05, 0.1) is 23.3 Å². The van der Waals surface area contributed by atoms with E-state index in [1.54, 1.807) is 18.2 Å². The van der Waals surface area contributed by atoms with E-state index in [9.17, 15) is 9.59 Å². The Morgan fingerprint density at radius 1 is 1.48 bits per heavy atom. The van der Waals surface area contributed by atoms with Crippen LogP contribution in [0.5, 0.6) is 0 Å². The van der Waals surface area contributed by atoms with Crippen LogP contribution in [-0.2, 0) is 9.59 Å². The Kier molecular flexibility index (Phi) is 4.39. The van der Waals surface area contributed by atoms with E-state index < -0.39 is 5.41 Å². The number of likely N-dealkylation sites (tertiary alicyclic amines) is 1. The summed E-state index contributed by atoms with van der Waals surface area (Å²) < 4.78 is 0. The molecule has 1 unspecified atom stereocenters. The van der Waals surface area contributed by atoms with E-state index >= 15 is 0 Å². The van der Waals surface area contributed by atoms with Gasteiger partial charge in [0.15, 0.2) is 0 Å². The molecule has 2 rings (SSSR count). The van der Waals surface area contributed by atoms with Crippen LogP contribution >= 0.6 is 11.6 Å². The number of carbonyl (C=O) groups excluding carboxylic acids is 2. The van der Waals surface area contributed by atoms with Crippen molar-refractivity contribution < 1.29 is 9.59 Å². The van der Waals surface area contributed by atoms with Gasteiger partial charge in [-0.1, -0.05) is 11.6 Å². The minimum Gasteiger partial charge on any atom is -0.397 e. The number of nitrogen functional groups attached to an aromatic ring is 1. The molecule has 1 heterocycles. The zero-order valence-electron chi connectivity index (χ0n) is 11.9. The highest BCUT2D eigenvalue weighted by molar-refractivity contribution is 6.31. The van der Waals surface area contributed by atoms with Crippen molar-refractivity contribution >= 4 is 34.8 Å². The fourth-order valence-corrected chi connectivity index (χ4v) is 2.59. The SMILES string of the molecule is CC1(C(N)=O)CCN(CC(=O)Nc2cc(Cl)ccc2N)C1. The van der Waals surface area contributed by atoms with E-state index in [1.807, 2.05) is 11.8 Å². The first-order chi connectivity index (χ1) is 9.80. The van der Waals surface area contributed by atoms with Crippen LogP contribution in [0.15, 0.2) is 18.2 Å². The van der Waals surface area contributed by atoms with Crippen LogP contribution in [0.2, 0.25) is 5.02 Å². The van der Waals surface area contributed by atoms with Crippen molar-refractivity contribution in [2.45, 2.75) is 13.3 Å². The van der Waals surface area contributed by atoms with Crippen molar-refractivity contribution in [2.75, 3.05) is 30.7 Å². The molecule has 1 fully saturated rings. The molecule has 0 aromatic heterocycles. The zero-order chi connectivity index (χ0) is 15.6. The van der Waals surface area contributed by atoms with E-state index in [4.69, 9.17) is 23.1 Å². The smallest absolute Gasteiger partial charge is 0.238 e. The topological polar surface area (TPSA) is 101 Å². The molecule has 2 amide bonds. The first-order valence-corrected chi connectivity index (χ1v) is 7.05. The van der Waals surface area contributed by atoms with Crippen molar-refractivity contribution in [3.63, 3.8) is 0 Å². The second kappa shape index (κ2) is 5.91. The summed E-state index contributed by atoms with van der Waals surface area (Å²) in [6, 6.07) is 4.90. The lowest BCUT2D eigenvalue weighted by Gasteiger charge is -2.20. The number of nitrogens with two attached hydrogens (primary N) is 2. The minimum absolute atomic E-state index is 0.189. The number of nitrogens with zero attached hydrogens (tertiary/aromatic N) is 1. The Balaban J connectivity index is 1.94. The normalized spacial score (nSPS) is 22.2. The maximum atomic E-state index is 12.0. The minimum atomic E-state index is -0.560. The molecule has 7 heteroatoms. The zero-order valence-corrected chi connectivity index (χ0v) is 12.6. The molecule has 0 aliphatic carbocycles. The molecule has 6 nitrogen and oxygen atoms in total. The second-order valence-electron chi connectivity index (χ2n) is 5.67. The number of nitrogens with one attached hydrogen (secondary N) is 1. The Bertz CT molecular complexity index is 578. The van der Waals surface area contributed by atoms with E-state index in [-0.39, 0.29) is 18.4 Å². The number of anilines is 2. The molecule has 1 aromatic carbocycles. The number of hydrogen-bond acceptors (Lipinski definition) is 4. The highest BCUT2D eigenvalue weighted by Crippen LogP contribution is 2.29. The fraction of sp³-hybridized carbons (Fsp3) is 0.429. The monoisotopic (exact) mass is 310 g/mol. The van der Waals surface area contributed by atoms with Gasteiger partial charge in [-0.25, -0.2) is 0 Å². The molecule has 1 atom stereocenters. The summed E-state index contributed by atoms with van der Waals surface area (Å²) in [6.45, 7) is 3.16. The molecule has 0 bridgehead atoms. The lowest BCUT2D eigenvalue weighted by molar-refractivity contribution is -0.126. The summed E-state index contributed by atoms with van der Waals surface area (Å²) in [5, 5.41) is 3.23. The van der Waals surface area contributed by atoms with Crippen LogP contribution in [0.25, 0.3) is 0 Å². The lowest BCUT2D eigenvalue weighted by atomic mass is 9.89. The van der Waals surface area contributed by atoms with Gasteiger partial charge in [-0.05, 0) is 38.1 Å². The van der Waals surface area contributed by atoms with Gasteiger partial charge in [0.1, 0.15) is 0 Å². The first kappa shape index (κ1) is 15.6. The van der Waals surface area contributed by atoms with Crippen LogP contribution in [0.4, 0.5) is 11.4 Å². The molecule has 1 aliphatic heterocycles. The molecule has 5 N–H and O–H groups in total. The Hall–Kier alpha value is -1.79. The van der Waals surface area contributed by atoms with Gasteiger partial charge < -0.3 is 16.8 Å². The van der Waals surface area contributed by atoms with Crippen molar-refractivity contribution in [3.8, 4) is 0 Å². The standard InChI is InChI=1S/C14H19ClN4O2/c1-14(13(17)21)4-5-19(8-14)7-12(20)18-11-6-9(15)2-3-10(11)16/h2-3,6H,4-5,7-8,16H2,1H3,(H2,17,21)(H,18,20). The average molecular weight is 311 g/mol. The van der Waals surface area contributed by atoms with Gasteiger partial charge in [0.25, 0.3) is 0 Å². The third-order valence-corrected chi connectivity index (χ3v) is 4.04. The van der Waals surface area contributed by atoms with Crippen LogP contribution in [-0.4, -0.2) is 36.3 Å². The van der Waals surface area contributed by atoms with E-state index in [0.29, 0.717) is 35.9 Å². The predicted molar refractivity (Wildman–Crippen MR) is 82.9 cm³/mol. The summed E-state index contributed by atoms with van der Waals surface area (Å²) in [4.78, 5) is 25.3. The van der Waals surface area contributed by atoms with Gasteiger partial charge >= 0.3 is 0 Å². The predicted octanol–water partition coefficient (Wildman–Crippen LogP) is 1.06. The molecule has 114 valence electrons. The van der Waals surface area contributed by atoms with Gasteiger partial charge in [0, 0.05) is 11.6 Å². The van der Waals surface area contributed by atoms with E-state index in [1.165, 1.54) is 0 Å². The maximum Gasteiger partial charge on any atom is 0.238 e. The summed E-state index contributed by atoms with van der Waals surface area (Å²) >= 11 is 5.87. The van der Waals surface area contributed by atoms with Gasteiger partial charge in [-0.15, -0.1) is 0 Å². The molecule has 0 radical (unpaired) electrons. The highest BCUT2D eigenvalue weighted by Gasteiger charge is 2.39. The number of carbonyl (C=O) groups is 2. The van der Waals surface area contributed by atoms with Gasteiger partial charge in [-0.3, -0.25) is 14.5 Å². The summed E-state index contributed by atoms with van der Waals surface area (Å²) in [6.07, 6.45) is 0.662. The van der Waals surface area contributed by atoms with Crippen LogP contribution < -0.4 is 16.8 Å². The molecule has 1 aliphatic rings. The number of halogens is 1. The summed E-state index contributed by atoms with van der Waals surface area (Å²) in [5.41, 5.74) is 11.6. The number of hydrogen-bond donors (Lipinski definition) is 3. The second-order valence-corrected chi connectivity index (χ2v) is 6.10. The van der Waals surface area contributed by atoms with Crippen molar-refractivity contribution in [2.24, 2.45) is 11.1 Å². The quantitative estimate of drug-likeness (QED) is 0.724. The number of rotatable bonds is 4. The maximum absolute atomic E-state index is 12.0. The van der Waals surface area contributed by atoms with Crippen molar-refractivity contribution in [1.29, 1.82) is 0 Å². The van der Waals surface area contributed by atoms with Crippen LogP contribution in [0, 0.1) is 5.41 Å². The molecular formula is C14H19ClN4O2. The molecule has 1 aromatic rings. The number of benzene rings is 1. The molecule has 0 spiro atoms. The van der Waals surface area contributed by atoms with E-state index in [0.717, 1.165) is 0 Å². The highest BCUT2D eigenvalue weighted by atomic mass is 35.5. The van der Waals surface area contributed by atoms with E-state index in [2.05, 4.69) is 5.32 Å². The van der Waals surface area contributed by atoms with Gasteiger partial charge in [-0.2, -0.15) is 0 Å². The van der Waals surface area contributed by atoms with Crippen molar-refractivity contribution in [1.82, 2.24) is 4.90 Å². The average Bonchev–Trinajstić information content (AvgIpc) is 2.77. The van der Waals surface area contributed by atoms with Crippen molar-refractivity contribution in [3.05, 3.63) is 23.2 Å². The molecule has 0 saturated carbocycles. The summed E-state index contributed by atoms with van der Waals surface area (Å²) in [7, 11) is 0. The molecule has 1 saturated heterocycles. The fourth-order valence-electron chi connectivity index (χ4n) is 2.42. The number of primary amides is 1. The third-order valence-electron chi connectivity index (χ3n) is 3.80. The largest absolute Gasteiger partial charge is 0.397 e. The summed E-state index contributed by atoms with van der Waals surface area (Å²) in [5.74, 6) is -0.526. The van der Waals surface area contributed by atoms with Crippen LogP contribution in [0.3, 0.4) is 0 Å².